The Morgan fingerprint density at radius 1 is 1.24 bits per heavy atom. The molecule has 140 valence electrons. The summed E-state index contributed by atoms with van der Waals surface area (Å²) in [6.45, 7) is 10.2. The fourth-order valence-corrected chi connectivity index (χ4v) is 3.25. The third-order valence-electron chi connectivity index (χ3n) is 4.92. The van der Waals surface area contributed by atoms with Gasteiger partial charge < -0.3 is 19.7 Å². The Kier molecular flexibility index (Phi) is 7.12. The SMILES string of the molecule is CCOC1CCN(C(=NC)NCC(C)(C)c2ccc(OC)cc2)CC1. The second-order valence-electron chi connectivity index (χ2n) is 7.15. The van der Waals surface area contributed by atoms with Gasteiger partial charge in [-0.3, -0.25) is 4.99 Å². The van der Waals surface area contributed by atoms with Crippen LogP contribution in [0.1, 0.15) is 39.2 Å². The molecule has 0 radical (unpaired) electrons. The van der Waals surface area contributed by atoms with Crippen LogP contribution in [0.15, 0.2) is 29.3 Å². The molecule has 1 heterocycles. The molecule has 0 aliphatic carbocycles. The highest BCUT2D eigenvalue weighted by atomic mass is 16.5. The maximum atomic E-state index is 5.74. The molecular formula is C20H33N3O2. The summed E-state index contributed by atoms with van der Waals surface area (Å²) >= 11 is 0. The fourth-order valence-electron chi connectivity index (χ4n) is 3.25. The van der Waals surface area contributed by atoms with E-state index in [4.69, 9.17) is 9.47 Å². The average Bonchev–Trinajstić information content (AvgIpc) is 2.64. The molecule has 0 unspecified atom stereocenters. The lowest BCUT2D eigenvalue weighted by atomic mass is 9.84. The highest BCUT2D eigenvalue weighted by molar-refractivity contribution is 5.80. The summed E-state index contributed by atoms with van der Waals surface area (Å²) in [5, 5.41) is 3.56. The van der Waals surface area contributed by atoms with Crippen LogP contribution >= 0.6 is 0 Å². The van der Waals surface area contributed by atoms with Crippen molar-refractivity contribution in [1.82, 2.24) is 10.2 Å². The van der Waals surface area contributed by atoms with Crippen LogP contribution in [0.25, 0.3) is 0 Å². The Bertz CT molecular complexity index is 547. The molecule has 1 aliphatic heterocycles. The number of ether oxygens (including phenoxy) is 2. The van der Waals surface area contributed by atoms with Crippen LogP contribution in [0.2, 0.25) is 0 Å². The van der Waals surface area contributed by atoms with Crippen LogP contribution in [0.5, 0.6) is 5.75 Å². The van der Waals surface area contributed by atoms with Crippen LogP contribution in [0, 0.1) is 0 Å². The Labute approximate surface area is 152 Å². The van der Waals surface area contributed by atoms with E-state index in [2.05, 4.69) is 48.1 Å². The molecule has 0 amide bonds. The van der Waals surface area contributed by atoms with Gasteiger partial charge in [0.05, 0.1) is 13.2 Å². The molecule has 0 saturated carbocycles. The zero-order chi connectivity index (χ0) is 18.3. The summed E-state index contributed by atoms with van der Waals surface area (Å²) < 4.78 is 11.0. The van der Waals surface area contributed by atoms with Gasteiger partial charge in [0, 0.05) is 38.7 Å². The molecule has 0 aromatic heterocycles. The zero-order valence-electron chi connectivity index (χ0n) is 16.3. The molecule has 0 bridgehead atoms. The topological polar surface area (TPSA) is 46.1 Å². The minimum atomic E-state index is 0.00581. The van der Waals surface area contributed by atoms with Gasteiger partial charge >= 0.3 is 0 Å². The first kappa shape index (κ1) is 19.6. The predicted octanol–water partition coefficient (Wildman–Crippen LogP) is 3.05. The number of hydrogen-bond acceptors (Lipinski definition) is 3. The maximum absolute atomic E-state index is 5.74. The van der Waals surface area contributed by atoms with Crippen molar-refractivity contribution in [1.29, 1.82) is 0 Å². The fraction of sp³-hybridized carbons (Fsp3) is 0.650. The third-order valence-corrected chi connectivity index (χ3v) is 4.92. The Balaban J connectivity index is 1.91. The lowest BCUT2D eigenvalue weighted by molar-refractivity contribution is 0.0263. The summed E-state index contributed by atoms with van der Waals surface area (Å²) in [7, 11) is 3.55. The van der Waals surface area contributed by atoms with E-state index >= 15 is 0 Å². The van der Waals surface area contributed by atoms with Crippen LogP contribution in [0.4, 0.5) is 0 Å². The molecular weight excluding hydrogens is 314 g/mol. The van der Waals surface area contributed by atoms with Gasteiger partial charge in [-0.2, -0.15) is 0 Å². The first-order valence-corrected chi connectivity index (χ1v) is 9.22. The first-order valence-electron chi connectivity index (χ1n) is 9.22. The molecule has 2 rings (SSSR count). The summed E-state index contributed by atoms with van der Waals surface area (Å²) in [6, 6.07) is 8.31. The summed E-state index contributed by atoms with van der Waals surface area (Å²) in [4.78, 5) is 6.81. The van der Waals surface area contributed by atoms with Crippen molar-refractivity contribution in [3.05, 3.63) is 29.8 Å². The molecule has 1 N–H and O–H groups in total. The van der Waals surface area contributed by atoms with Gasteiger partial charge in [-0.05, 0) is 37.5 Å². The monoisotopic (exact) mass is 347 g/mol. The van der Waals surface area contributed by atoms with Crippen molar-refractivity contribution in [2.75, 3.05) is 40.4 Å². The van der Waals surface area contributed by atoms with E-state index in [9.17, 15) is 0 Å². The van der Waals surface area contributed by atoms with Crippen molar-refractivity contribution in [3.63, 3.8) is 0 Å². The average molecular weight is 348 g/mol. The van der Waals surface area contributed by atoms with E-state index < -0.39 is 0 Å². The third kappa shape index (κ3) is 5.36. The first-order chi connectivity index (χ1) is 12.0. The van der Waals surface area contributed by atoms with Crippen LogP contribution in [0.3, 0.4) is 0 Å². The molecule has 1 fully saturated rings. The normalized spacial score (nSPS) is 16.8. The van der Waals surface area contributed by atoms with Crippen LogP contribution in [-0.4, -0.2) is 57.4 Å². The van der Waals surface area contributed by atoms with Crippen LogP contribution in [-0.2, 0) is 10.2 Å². The predicted molar refractivity (Wildman–Crippen MR) is 104 cm³/mol. The van der Waals surface area contributed by atoms with Gasteiger partial charge in [-0.1, -0.05) is 26.0 Å². The molecule has 1 aliphatic rings. The minimum Gasteiger partial charge on any atom is -0.497 e. The summed E-state index contributed by atoms with van der Waals surface area (Å²) in [5.74, 6) is 1.87. The Morgan fingerprint density at radius 3 is 2.40 bits per heavy atom. The Morgan fingerprint density at radius 2 is 1.88 bits per heavy atom. The number of benzene rings is 1. The van der Waals surface area contributed by atoms with E-state index in [1.165, 1.54) is 5.56 Å². The minimum absolute atomic E-state index is 0.00581. The molecule has 25 heavy (non-hydrogen) atoms. The maximum Gasteiger partial charge on any atom is 0.193 e. The molecule has 0 atom stereocenters. The number of piperidine rings is 1. The quantitative estimate of drug-likeness (QED) is 0.635. The van der Waals surface area contributed by atoms with E-state index in [-0.39, 0.29) is 5.41 Å². The van der Waals surface area contributed by atoms with Gasteiger partial charge in [0.25, 0.3) is 0 Å². The van der Waals surface area contributed by atoms with Crippen LogP contribution < -0.4 is 10.1 Å². The van der Waals surface area contributed by atoms with Crippen molar-refractivity contribution >= 4 is 5.96 Å². The molecule has 1 saturated heterocycles. The number of aliphatic imine (C=N–C) groups is 1. The highest BCUT2D eigenvalue weighted by Gasteiger charge is 2.25. The van der Waals surface area contributed by atoms with Gasteiger partial charge in [-0.25, -0.2) is 0 Å². The number of nitrogens with one attached hydrogen (secondary N) is 1. The summed E-state index contributed by atoms with van der Waals surface area (Å²) in [6.07, 6.45) is 2.53. The number of hydrogen-bond donors (Lipinski definition) is 1. The van der Waals surface area contributed by atoms with Crippen molar-refractivity contribution < 1.29 is 9.47 Å². The van der Waals surface area contributed by atoms with Gasteiger partial charge in [-0.15, -0.1) is 0 Å². The lowest BCUT2D eigenvalue weighted by Crippen LogP contribution is -2.49. The second kappa shape index (κ2) is 9.09. The van der Waals surface area contributed by atoms with Gasteiger partial charge in [0.1, 0.15) is 5.75 Å². The van der Waals surface area contributed by atoms with E-state index in [0.29, 0.717) is 6.10 Å². The highest BCUT2D eigenvalue weighted by Crippen LogP contribution is 2.24. The van der Waals surface area contributed by atoms with Crippen molar-refractivity contribution in [2.24, 2.45) is 4.99 Å². The Hall–Kier alpha value is -1.75. The number of guanidine groups is 1. The standard InChI is InChI=1S/C20H33N3O2/c1-6-25-18-11-13-23(14-12-18)19(21-4)22-15-20(2,3)16-7-9-17(24-5)10-8-16/h7-10,18H,6,11-15H2,1-5H3,(H,21,22). The van der Waals surface area contributed by atoms with E-state index in [1.54, 1.807) is 7.11 Å². The smallest absolute Gasteiger partial charge is 0.193 e. The molecule has 1 aromatic rings. The number of nitrogens with zero attached hydrogens (tertiary/aromatic N) is 2. The molecule has 0 spiro atoms. The number of likely N-dealkylation sites (tertiary alicyclic amines) is 1. The lowest BCUT2D eigenvalue weighted by Gasteiger charge is -2.35. The number of rotatable bonds is 6. The summed E-state index contributed by atoms with van der Waals surface area (Å²) in [5.41, 5.74) is 1.29. The number of methoxy groups -OCH3 is 1. The zero-order valence-corrected chi connectivity index (χ0v) is 16.3. The largest absolute Gasteiger partial charge is 0.497 e. The van der Waals surface area contributed by atoms with E-state index in [1.807, 2.05) is 19.2 Å². The van der Waals surface area contributed by atoms with Gasteiger partial charge in [0.15, 0.2) is 5.96 Å². The van der Waals surface area contributed by atoms with Crippen molar-refractivity contribution in [2.45, 2.75) is 45.1 Å². The molecule has 1 aromatic carbocycles. The van der Waals surface area contributed by atoms with Gasteiger partial charge in [0.2, 0.25) is 0 Å². The van der Waals surface area contributed by atoms with E-state index in [0.717, 1.165) is 50.8 Å². The molecule has 5 heteroatoms. The molecule has 5 nitrogen and oxygen atoms in total. The second-order valence-corrected chi connectivity index (χ2v) is 7.15. The van der Waals surface area contributed by atoms with Crippen molar-refractivity contribution in [3.8, 4) is 5.75 Å².